The second kappa shape index (κ2) is 14.4. The molecule has 0 radical (unpaired) electrons. The van der Waals surface area contributed by atoms with Gasteiger partial charge in [0.05, 0.1) is 18.2 Å². The molecule has 0 fully saturated rings. The van der Waals surface area contributed by atoms with Gasteiger partial charge in [0.15, 0.2) is 11.6 Å². The van der Waals surface area contributed by atoms with Crippen molar-refractivity contribution in [1.82, 2.24) is 34.3 Å². The van der Waals surface area contributed by atoms with Crippen LogP contribution in [0.15, 0.2) is 41.6 Å². The first-order chi connectivity index (χ1) is 21.4. The smallest absolute Gasteiger partial charge is 0.407 e. The minimum atomic E-state index is -5.59. The van der Waals surface area contributed by atoms with Crippen molar-refractivity contribution in [2.24, 2.45) is 11.8 Å². The van der Waals surface area contributed by atoms with E-state index in [0.29, 0.717) is 0 Å². The molecule has 3 amide bonds. The number of rotatable bonds is 12. The number of hydrogen-bond donors (Lipinski definition) is 3. The highest BCUT2D eigenvalue weighted by Crippen LogP contribution is 2.41. The van der Waals surface area contributed by atoms with Gasteiger partial charge in [-0.2, -0.15) is 26.3 Å². The number of halogens is 6. The lowest BCUT2D eigenvalue weighted by Crippen LogP contribution is -2.38. The zero-order chi connectivity index (χ0) is 34.4. The third kappa shape index (κ3) is 9.27. The first kappa shape index (κ1) is 35.5. The molecule has 3 N–H and O–H groups in total. The average molecular weight is 661 g/mol. The summed E-state index contributed by atoms with van der Waals surface area (Å²) in [5, 5.41) is 11.7. The van der Waals surface area contributed by atoms with E-state index in [0.717, 1.165) is 15.8 Å². The van der Waals surface area contributed by atoms with Crippen molar-refractivity contribution in [3.8, 4) is 0 Å². The number of likely N-dealkylation sites (N-methyl/N-ethyl adjacent to an activating group) is 1. The fourth-order valence-electron chi connectivity index (χ4n) is 4.26. The van der Waals surface area contributed by atoms with Crippen LogP contribution in [0, 0.1) is 11.8 Å². The molecule has 0 unspecified atom stereocenters. The van der Waals surface area contributed by atoms with Gasteiger partial charge in [-0.1, -0.05) is 6.08 Å². The monoisotopic (exact) mass is 660 g/mol. The number of fused-ring (bicyclic) bond motifs is 1. The van der Waals surface area contributed by atoms with Crippen LogP contribution in [0.3, 0.4) is 0 Å². The van der Waals surface area contributed by atoms with Crippen LogP contribution in [0.5, 0.6) is 0 Å². The normalized spacial score (nSPS) is 12.9. The van der Waals surface area contributed by atoms with Crippen LogP contribution in [0.25, 0.3) is 11.2 Å². The van der Waals surface area contributed by atoms with Gasteiger partial charge in [0.1, 0.15) is 23.4 Å². The van der Waals surface area contributed by atoms with E-state index in [2.05, 4.69) is 25.3 Å². The molecular formula is C27H30F6N8O5. The highest BCUT2D eigenvalue weighted by molar-refractivity contribution is 5.92. The number of amides is 3. The van der Waals surface area contributed by atoms with Crippen molar-refractivity contribution in [2.75, 3.05) is 33.0 Å². The Hall–Kier alpha value is -4.97. The van der Waals surface area contributed by atoms with Crippen LogP contribution in [-0.4, -0.2) is 97.4 Å². The molecule has 0 aliphatic rings. The Morgan fingerprint density at radius 3 is 2.39 bits per heavy atom. The maximum absolute atomic E-state index is 13.2. The number of imidazole rings is 1. The molecule has 0 aliphatic heterocycles. The molecule has 0 saturated heterocycles. The number of H-pyrrole nitrogens is 1. The van der Waals surface area contributed by atoms with Crippen LogP contribution in [0.1, 0.15) is 24.4 Å². The standard InChI is InChI=1S/C27H30F6N8O5/c1-39(2)20(42)9-5-4-7-15(12-40(3)25(45)46)23(43)36-16-8-6-10-41(24(16)44)13-19-37-21-17(34-14-35-22(21)38-19)11-18(26(28,29)30)27(31,32)33/h5-6,8-10,14-15,18H,4,7,11-13H2,1-3H3,(H,36,43)(H,45,46)(H,34,35,37,38)/b9-5+/t15-/m0/s1. The van der Waals surface area contributed by atoms with Crippen LogP contribution in [0.4, 0.5) is 36.8 Å². The summed E-state index contributed by atoms with van der Waals surface area (Å²) in [6, 6.07) is 2.69. The number of anilines is 1. The van der Waals surface area contributed by atoms with Gasteiger partial charge in [0.25, 0.3) is 5.56 Å². The first-order valence-corrected chi connectivity index (χ1v) is 13.5. The van der Waals surface area contributed by atoms with Gasteiger partial charge < -0.3 is 29.8 Å². The van der Waals surface area contributed by atoms with E-state index in [1.807, 2.05) is 0 Å². The van der Waals surface area contributed by atoms with E-state index < -0.39 is 53.9 Å². The molecule has 0 aromatic carbocycles. The minimum Gasteiger partial charge on any atom is -0.465 e. The fourth-order valence-corrected chi connectivity index (χ4v) is 4.26. The van der Waals surface area contributed by atoms with Crippen molar-refractivity contribution >= 4 is 34.8 Å². The van der Waals surface area contributed by atoms with Gasteiger partial charge in [-0.25, -0.2) is 19.7 Å². The summed E-state index contributed by atoms with van der Waals surface area (Å²) < 4.78 is 79.9. The summed E-state index contributed by atoms with van der Waals surface area (Å²) in [4.78, 5) is 65.8. The maximum Gasteiger partial charge on any atom is 0.407 e. The molecule has 0 aliphatic carbocycles. The zero-order valence-electron chi connectivity index (χ0n) is 24.7. The lowest BCUT2D eigenvalue weighted by molar-refractivity contribution is -0.283. The van der Waals surface area contributed by atoms with Gasteiger partial charge in [0.2, 0.25) is 11.8 Å². The predicted molar refractivity (Wildman–Crippen MR) is 151 cm³/mol. The molecule has 3 rings (SSSR count). The number of hydrogen-bond acceptors (Lipinski definition) is 7. The van der Waals surface area contributed by atoms with Gasteiger partial charge >= 0.3 is 18.4 Å². The van der Waals surface area contributed by atoms with Crippen molar-refractivity contribution in [2.45, 2.75) is 38.2 Å². The van der Waals surface area contributed by atoms with E-state index in [1.54, 1.807) is 14.1 Å². The van der Waals surface area contributed by atoms with Crippen molar-refractivity contribution < 1.29 is 45.8 Å². The van der Waals surface area contributed by atoms with Crippen LogP contribution in [0.2, 0.25) is 0 Å². The first-order valence-electron chi connectivity index (χ1n) is 13.5. The Morgan fingerprint density at radius 1 is 1.11 bits per heavy atom. The zero-order valence-corrected chi connectivity index (χ0v) is 24.7. The average Bonchev–Trinajstić information content (AvgIpc) is 3.37. The van der Waals surface area contributed by atoms with E-state index in [-0.39, 0.29) is 54.5 Å². The Morgan fingerprint density at radius 2 is 1.78 bits per heavy atom. The Kier molecular flexibility index (Phi) is 11.1. The number of nitrogens with zero attached hydrogens (tertiary/aromatic N) is 6. The van der Waals surface area contributed by atoms with Crippen LogP contribution >= 0.6 is 0 Å². The highest BCUT2D eigenvalue weighted by atomic mass is 19.4. The molecule has 1 atom stereocenters. The lowest BCUT2D eigenvalue weighted by Gasteiger charge is -2.22. The third-order valence-corrected chi connectivity index (χ3v) is 6.77. The van der Waals surface area contributed by atoms with E-state index in [9.17, 15) is 50.6 Å². The second-order valence-electron chi connectivity index (χ2n) is 10.5. The highest BCUT2D eigenvalue weighted by Gasteiger charge is 2.56. The number of carbonyl (C=O) groups excluding carboxylic acids is 2. The molecule has 250 valence electrons. The van der Waals surface area contributed by atoms with Crippen molar-refractivity contribution in [1.29, 1.82) is 0 Å². The molecule has 46 heavy (non-hydrogen) atoms. The summed E-state index contributed by atoms with van der Waals surface area (Å²) in [5.41, 5.74) is -2.01. The number of nitrogens with one attached hydrogen (secondary N) is 2. The van der Waals surface area contributed by atoms with Crippen molar-refractivity contribution in [3.63, 3.8) is 0 Å². The number of alkyl halides is 6. The maximum atomic E-state index is 13.2. The molecule has 3 heterocycles. The van der Waals surface area contributed by atoms with Gasteiger partial charge in [-0.3, -0.25) is 14.4 Å². The number of aromatic nitrogens is 5. The van der Waals surface area contributed by atoms with Gasteiger partial charge in [-0.15, -0.1) is 0 Å². The van der Waals surface area contributed by atoms with Gasteiger partial charge in [0, 0.05) is 40.3 Å². The molecule has 0 bridgehead atoms. The number of allylic oxidation sites excluding steroid dienone is 1. The molecule has 13 nitrogen and oxygen atoms in total. The second-order valence-corrected chi connectivity index (χ2v) is 10.5. The molecule has 0 spiro atoms. The number of aromatic amines is 1. The van der Waals surface area contributed by atoms with Crippen LogP contribution in [-0.2, 0) is 22.6 Å². The van der Waals surface area contributed by atoms with E-state index in [4.69, 9.17) is 0 Å². The van der Waals surface area contributed by atoms with Gasteiger partial charge in [-0.05, 0) is 31.1 Å². The summed E-state index contributed by atoms with van der Waals surface area (Å²) in [7, 11) is 4.38. The Balaban J connectivity index is 1.82. The van der Waals surface area contributed by atoms with E-state index in [1.165, 1.54) is 42.4 Å². The Labute approximate surface area is 256 Å². The number of pyridine rings is 1. The Bertz CT molecular complexity index is 1640. The third-order valence-electron chi connectivity index (χ3n) is 6.77. The summed E-state index contributed by atoms with van der Waals surface area (Å²) in [6.07, 6.45) is -8.67. The SMILES string of the molecule is CN(C)C(=O)/C=C/CC[C@@H](CN(C)C(=O)O)C(=O)Nc1cccn(Cc2nc3c(CC(C(F)(F)F)C(F)(F)F)ncnc3[nH]2)c1=O. The van der Waals surface area contributed by atoms with Crippen molar-refractivity contribution in [3.05, 3.63) is 58.7 Å². The van der Waals surface area contributed by atoms with Crippen LogP contribution < -0.4 is 10.9 Å². The summed E-state index contributed by atoms with van der Waals surface area (Å²) in [6.45, 7) is -0.556. The summed E-state index contributed by atoms with van der Waals surface area (Å²) >= 11 is 0. The summed E-state index contributed by atoms with van der Waals surface area (Å²) in [5.74, 6) is -5.61. The van der Waals surface area contributed by atoms with E-state index >= 15 is 0 Å². The lowest BCUT2D eigenvalue weighted by atomic mass is 10.0. The predicted octanol–water partition coefficient (Wildman–Crippen LogP) is 3.44. The molecule has 0 saturated carbocycles. The molecule has 3 aromatic heterocycles. The number of carboxylic acid groups (broad SMARTS) is 1. The molecule has 19 heteroatoms. The topological polar surface area (TPSA) is 166 Å². The minimum absolute atomic E-state index is 0.0436. The fraction of sp³-hybridized carbons (Fsp3) is 0.444. The molecular weight excluding hydrogens is 630 g/mol. The number of carbonyl (C=O) groups is 3. The molecule has 3 aromatic rings. The quantitative estimate of drug-likeness (QED) is 0.196. The largest absolute Gasteiger partial charge is 0.465 e.